The summed E-state index contributed by atoms with van der Waals surface area (Å²) in [4.78, 5) is 39.8. The van der Waals surface area contributed by atoms with Crippen LogP contribution in [-0.4, -0.2) is 38.3 Å². The van der Waals surface area contributed by atoms with Gasteiger partial charge < -0.3 is 10.6 Å². The van der Waals surface area contributed by atoms with Gasteiger partial charge in [0.05, 0.1) is 16.3 Å². The minimum absolute atomic E-state index is 0.111. The van der Waals surface area contributed by atoms with Crippen LogP contribution in [0.2, 0.25) is 0 Å². The second kappa shape index (κ2) is 6.92. The monoisotopic (exact) mass is 383 g/mol. The summed E-state index contributed by atoms with van der Waals surface area (Å²) in [6.07, 6.45) is 1.67. The third-order valence-electron chi connectivity index (χ3n) is 4.69. The number of carbonyl (C=O) groups is 2. The Bertz CT molecular complexity index is 1090. The Morgan fingerprint density at radius 1 is 1.22 bits per heavy atom. The van der Waals surface area contributed by atoms with Gasteiger partial charge in [0.2, 0.25) is 5.91 Å². The van der Waals surface area contributed by atoms with E-state index in [4.69, 9.17) is 5.73 Å². The number of aromatic nitrogens is 3. The highest BCUT2D eigenvalue weighted by molar-refractivity contribution is 7.14. The van der Waals surface area contributed by atoms with Gasteiger partial charge in [-0.1, -0.05) is 17.3 Å². The molecule has 0 spiro atoms. The van der Waals surface area contributed by atoms with Crippen LogP contribution in [0.1, 0.15) is 33.4 Å². The fourth-order valence-electron chi connectivity index (χ4n) is 3.37. The van der Waals surface area contributed by atoms with Crippen LogP contribution < -0.4 is 11.3 Å². The number of nitrogens with zero attached hydrogens (tertiary/aromatic N) is 4. The maximum atomic E-state index is 12.8. The molecule has 0 radical (unpaired) electrons. The highest BCUT2D eigenvalue weighted by atomic mass is 32.1. The molecule has 9 heteroatoms. The Hall–Kier alpha value is -3.07. The van der Waals surface area contributed by atoms with Gasteiger partial charge in [-0.05, 0) is 37.1 Å². The Kier molecular flexibility index (Phi) is 4.44. The molecule has 1 saturated heterocycles. The molecule has 3 heterocycles. The highest BCUT2D eigenvalue weighted by Gasteiger charge is 2.31. The molecule has 1 atom stereocenters. The van der Waals surface area contributed by atoms with Crippen LogP contribution in [0.4, 0.5) is 0 Å². The Morgan fingerprint density at radius 3 is 2.81 bits per heavy atom. The lowest BCUT2D eigenvalue weighted by atomic mass is 10.2. The van der Waals surface area contributed by atoms with Crippen LogP contribution in [-0.2, 0) is 11.3 Å². The minimum Gasteiger partial charge on any atom is -0.365 e. The Labute approximate surface area is 158 Å². The molecule has 0 saturated carbocycles. The number of nitrogens with two attached hydrogens (primary N) is 1. The van der Waals surface area contributed by atoms with E-state index in [9.17, 15) is 14.4 Å². The van der Waals surface area contributed by atoms with E-state index in [0.717, 1.165) is 22.4 Å². The molecule has 1 aliphatic heterocycles. The van der Waals surface area contributed by atoms with E-state index in [0.29, 0.717) is 22.3 Å². The summed E-state index contributed by atoms with van der Waals surface area (Å²) in [7, 11) is 0. The van der Waals surface area contributed by atoms with Crippen molar-refractivity contribution in [3.8, 4) is 0 Å². The molecule has 4 rings (SSSR count). The first kappa shape index (κ1) is 17.3. The fraction of sp³-hybridized carbons (Fsp3) is 0.278. The molecule has 1 aliphatic rings. The van der Waals surface area contributed by atoms with Gasteiger partial charge in [0, 0.05) is 11.4 Å². The number of likely N-dealkylation sites (tertiary alicyclic amines) is 1. The number of benzene rings is 1. The number of fused-ring (bicyclic) bond motifs is 1. The van der Waals surface area contributed by atoms with Crippen molar-refractivity contribution in [3.05, 3.63) is 56.5 Å². The van der Waals surface area contributed by atoms with Gasteiger partial charge in [-0.3, -0.25) is 14.4 Å². The molecule has 0 bridgehead atoms. The van der Waals surface area contributed by atoms with Gasteiger partial charge in [0.15, 0.2) is 0 Å². The van der Waals surface area contributed by atoms with Crippen LogP contribution in [0.3, 0.4) is 0 Å². The van der Waals surface area contributed by atoms with Crippen LogP contribution in [0.5, 0.6) is 0 Å². The van der Waals surface area contributed by atoms with Crippen molar-refractivity contribution < 1.29 is 9.59 Å². The summed E-state index contributed by atoms with van der Waals surface area (Å²) in [5.41, 5.74) is 5.49. The molecular formula is C18H17N5O3S. The van der Waals surface area contributed by atoms with Crippen molar-refractivity contribution in [2.45, 2.75) is 25.4 Å². The first-order valence-electron chi connectivity index (χ1n) is 8.56. The third kappa shape index (κ3) is 3.21. The Morgan fingerprint density at radius 2 is 2.04 bits per heavy atom. The van der Waals surface area contributed by atoms with Gasteiger partial charge in [-0.25, -0.2) is 4.68 Å². The van der Waals surface area contributed by atoms with E-state index in [1.807, 2.05) is 6.07 Å². The molecule has 2 N–H and O–H groups in total. The van der Waals surface area contributed by atoms with Crippen molar-refractivity contribution in [1.29, 1.82) is 0 Å². The SMILES string of the molecule is NC(=O)c1ccc(C2CCCN2C(=O)Cn2nnc3ccccc3c2=O)s1. The lowest BCUT2D eigenvalue weighted by Gasteiger charge is -2.24. The van der Waals surface area contributed by atoms with E-state index in [2.05, 4.69) is 10.3 Å². The molecule has 8 nitrogen and oxygen atoms in total. The molecule has 2 aromatic heterocycles. The second-order valence-electron chi connectivity index (χ2n) is 6.38. The number of carbonyl (C=O) groups excluding carboxylic acids is 2. The summed E-state index contributed by atoms with van der Waals surface area (Å²) in [5, 5.41) is 8.34. The summed E-state index contributed by atoms with van der Waals surface area (Å²) >= 11 is 1.31. The van der Waals surface area contributed by atoms with Crippen LogP contribution in [0.25, 0.3) is 10.9 Å². The van der Waals surface area contributed by atoms with E-state index >= 15 is 0 Å². The zero-order valence-electron chi connectivity index (χ0n) is 14.4. The van der Waals surface area contributed by atoms with Crippen molar-refractivity contribution >= 4 is 34.1 Å². The number of amides is 2. The van der Waals surface area contributed by atoms with Crippen molar-refractivity contribution in [2.24, 2.45) is 5.73 Å². The number of rotatable bonds is 4. The van der Waals surface area contributed by atoms with Gasteiger partial charge in [0.25, 0.3) is 11.5 Å². The Balaban J connectivity index is 1.58. The topological polar surface area (TPSA) is 111 Å². The van der Waals surface area contributed by atoms with E-state index in [-0.39, 0.29) is 24.1 Å². The predicted octanol–water partition coefficient (Wildman–Crippen LogP) is 1.32. The van der Waals surface area contributed by atoms with Crippen LogP contribution >= 0.6 is 11.3 Å². The number of hydrogen-bond donors (Lipinski definition) is 1. The number of hydrogen-bond acceptors (Lipinski definition) is 6. The maximum Gasteiger partial charge on any atom is 0.278 e. The first-order chi connectivity index (χ1) is 13.0. The zero-order valence-corrected chi connectivity index (χ0v) is 15.2. The predicted molar refractivity (Wildman–Crippen MR) is 100 cm³/mol. The highest BCUT2D eigenvalue weighted by Crippen LogP contribution is 2.36. The molecule has 27 heavy (non-hydrogen) atoms. The zero-order chi connectivity index (χ0) is 19.0. The van der Waals surface area contributed by atoms with Crippen LogP contribution in [0.15, 0.2) is 41.2 Å². The van der Waals surface area contributed by atoms with E-state index < -0.39 is 5.91 Å². The average Bonchev–Trinajstić information content (AvgIpc) is 3.33. The first-order valence-corrected chi connectivity index (χ1v) is 9.38. The van der Waals surface area contributed by atoms with Gasteiger partial charge in [0.1, 0.15) is 12.1 Å². The molecule has 1 unspecified atom stereocenters. The largest absolute Gasteiger partial charge is 0.365 e. The number of primary amides is 1. The number of thiophene rings is 1. The van der Waals surface area contributed by atoms with Gasteiger partial charge in [-0.15, -0.1) is 16.4 Å². The van der Waals surface area contributed by atoms with Crippen molar-refractivity contribution in [1.82, 2.24) is 19.9 Å². The smallest absolute Gasteiger partial charge is 0.278 e. The molecule has 138 valence electrons. The minimum atomic E-state index is -0.472. The van der Waals surface area contributed by atoms with Crippen molar-refractivity contribution in [2.75, 3.05) is 6.54 Å². The molecule has 1 fully saturated rings. The van der Waals surface area contributed by atoms with E-state index in [1.165, 1.54) is 11.3 Å². The summed E-state index contributed by atoms with van der Waals surface area (Å²) in [6.45, 7) is 0.435. The lowest BCUT2D eigenvalue weighted by Crippen LogP contribution is -2.37. The summed E-state index contributed by atoms with van der Waals surface area (Å²) in [5.74, 6) is -0.668. The standard InChI is InChI=1S/C18H17N5O3S/c19-17(25)15-8-7-14(27-15)13-6-3-9-22(13)16(24)10-23-18(26)11-4-1-2-5-12(11)20-21-23/h1-2,4-5,7-8,13H,3,6,9-10H2,(H2,19,25). The van der Waals surface area contributed by atoms with Gasteiger partial charge in [-0.2, -0.15) is 0 Å². The van der Waals surface area contributed by atoms with E-state index in [1.54, 1.807) is 35.2 Å². The molecule has 1 aromatic carbocycles. The van der Waals surface area contributed by atoms with Crippen molar-refractivity contribution in [3.63, 3.8) is 0 Å². The maximum absolute atomic E-state index is 12.8. The summed E-state index contributed by atoms with van der Waals surface area (Å²) < 4.78 is 1.10. The summed E-state index contributed by atoms with van der Waals surface area (Å²) in [6, 6.07) is 10.3. The van der Waals surface area contributed by atoms with Crippen LogP contribution in [0, 0.1) is 0 Å². The third-order valence-corrected chi connectivity index (χ3v) is 5.89. The second-order valence-corrected chi connectivity index (χ2v) is 7.50. The molecule has 3 aromatic rings. The fourth-order valence-corrected chi connectivity index (χ4v) is 4.38. The molecule has 2 amide bonds. The molecular weight excluding hydrogens is 366 g/mol. The normalized spacial score (nSPS) is 16.7. The molecule has 0 aliphatic carbocycles. The lowest BCUT2D eigenvalue weighted by molar-refractivity contribution is -0.133. The quantitative estimate of drug-likeness (QED) is 0.730. The average molecular weight is 383 g/mol. The van der Waals surface area contributed by atoms with Gasteiger partial charge >= 0.3 is 0 Å².